The van der Waals surface area contributed by atoms with Crippen molar-refractivity contribution >= 4 is 11.9 Å². The number of carboxylic acid groups (broad SMARTS) is 1. The summed E-state index contributed by atoms with van der Waals surface area (Å²) < 4.78 is 5.16. The van der Waals surface area contributed by atoms with Gasteiger partial charge in [0.15, 0.2) is 6.10 Å². The molecule has 1 fully saturated rings. The van der Waals surface area contributed by atoms with E-state index in [9.17, 15) is 9.59 Å². The number of carbonyl (C=O) groups excluding carboxylic acids is 1. The van der Waals surface area contributed by atoms with E-state index in [0.717, 1.165) is 0 Å². The predicted octanol–water partition coefficient (Wildman–Crippen LogP) is -2.07. The summed E-state index contributed by atoms with van der Waals surface area (Å²) in [5, 5.41) is 22.8. The minimum atomic E-state index is -1.56. The number of aliphatic hydroxyl groups excluding tert-OH is 1. The van der Waals surface area contributed by atoms with Gasteiger partial charge >= 0.3 is 5.97 Å². The second-order valence-electron chi connectivity index (χ2n) is 3.59. The highest BCUT2D eigenvalue weighted by Crippen LogP contribution is 1.98. The lowest BCUT2D eigenvalue weighted by Crippen LogP contribution is -2.45. The molecule has 1 amide bonds. The first-order chi connectivity index (χ1) is 7.59. The molecule has 1 saturated heterocycles. The lowest BCUT2D eigenvalue weighted by atomic mass is 10.2. The molecule has 1 rings (SSSR count). The molecule has 0 aromatic heterocycles. The van der Waals surface area contributed by atoms with Gasteiger partial charge in [-0.15, -0.1) is 0 Å². The lowest BCUT2D eigenvalue weighted by molar-refractivity contribution is -0.146. The van der Waals surface area contributed by atoms with Gasteiger partial charge in [-0.1, -0.05) is 0 Å². The molecule has 1 aliphatic heterocycles. The summed E-state index contributed by atoms with van der Waals surface area (Å²) in [6, 6.07) is -0.0456. The Morgan fingerprint density at radius 3 is 2.88 bits per heavy atom. The van der Waals surface area contributed by atoms with Crippen LogP contribution in [0.2, 0.25) is 0 Å². The molecule has 0 radical (unpaired) electrons. The Hall–Kier alpha value is -1.18. The second-order valence-corrected chi connectivity index (χ2v) is 3.59. The molecular weight excluding hydrogens is 216 g/mol. The number of aliphatic hydroxyl groups is 1. The maximum absolute atomic E-state index is 11.3. The maximum Gasteiger partial charge on any atom is 0.334 e. The van der Waals surface area contributed by atoms with Crippen LogP contribution >= 0.6 is 0 Å². The van der Waals surface area contributed by atoms with E-state index in [1.165, 1.54) is 0 Å². The van der Waals surface area contributed by atoms with Crippen LogP contribution in [0.3, 0.4) is 0 Å². The van der Waals surface area contributed by atoms with Gasteiger partial charge < -0.3 is 25.6 Å². The minimum absolute atomic E-state index is 0.0456. The van der Waals surface area contributed by atoms with E-state index < -0.39 is 12.1 Å². The largest absolute Gasteiger partial charge is 0.479 e. The zero-order valence-electron chi connectivity index (χ0n) is 8.81. The van der Waals surface area contributed by atoms with Crippen molar-refractivity contribution < 1.29 is 24.5 Å². The Labute approximate surface area is 92.8 Å². The molecule has 0 aromatic rings. The molecule has 0 bridgehead atoms. The third kappa shape index (κ3) is 4.56. The molecule has 92 valence electrons. The number of morpholine rings is 1. The highest BCUT2D eigenvalue weighted by molar-refractivity contribution is 5.78. The summed E-state index contributed by atoms with van der Waals surface area (Å²) in [7, 11) is 0. The van der Waals surface area contributed by atoms with Crippen molar-refractivity contribution in [2.75, 3.05) is 26.3 Å². The number of ether oxygens (including phenoxy) is 1. The Bertz CT molecular complexity index is 252. The number of amides is 1. The molecule has 1 aliphatic rings. The number of aliphatic carboxylic acids is 1. The van der Waals surface area contributed by atoms with Gasteiger partial charge in [0.1, 0.15) is 0 Å². The van der Waals surface area contributed by atoms with E-state index in [-0.39, 0.29) is 24.9 Å². The van der Waals surface area contributed by atoms with Crippen LogP contribution in [0, 0.1) is 0 Å². The average Bonchev–Trinajstić information content (AvgIpc) is 2.27. The monoisotopic (exact) mass is 232 g/mol. The van der Waals surface area contributed by atoms with Crippen LogP contribution in [0.25, 0.3) is 0 Å². The molecule has 1 unspecified atom stereocenters. The van der Waals surface area contributed by atoms with Crippen molar-refractivity contribution in [3.8, 4) is 0 Å². The Kier molecular flexibility index (Phi) is 5.17. The van der Waals surface area contributed by atoms with Crippen molar-refractivity contribution in [2.45, 2.75) is 18.6 Å². The van der Waals surface area contributed by atoms with E-state index in [1.54, 1.807) is 0 Å². The molecule has 7 heteroatoms. The fraction of sp³-hybridized carbons (Fsp3) is 0.778. The van der Waals surface area contributed by atoms with E-state index in [4.69, 9.17) is 14.9 Å². The highest BCUT2D eigenvalue weighted by Gasteiger charge is 2.18. The van der Waals surface area contributed by atoms with Crippen LogP contribution in [0.15, 0.2) is 0 Å². The molecule has 1 heterocycles. The van der Waals surface area contributed by atoms with Crippen LogP contribution in [0.4, 0.5) is 0 Å². The second kappa shape index (κ2) is 6.41. The van der Waals surface area contributed by atoms with Crippen molar-refractivity contribution in [3.05, 3.63) is 0 Å². The van der Waals surface area contributed by atoms with Crippen molar-refractivity contribution in [2.24, 2.45) is 0 Å². The molecule has 0 aromatic carbocycles. The van der Waals surface area contributed by atoms with E-state index in [1.807, 2.05) is 0 Å². The Morgan fingerprint density at radius 1 is 1.56 bits per heavy atom. The first-order valence-corrected chi connectivity index (χ1v) is 5.08. The smallest absolute Gasteiger partial charge is 0.334 e. The number of hydrogen-bond acceptors (Lipinski definition) is 5. The lowest BCUT2D eigenvalue weighted by Gasteiger charge is -2.23. The summed E-state index contributed by atoms with van der Waals surface area (Å²) in [6.45, 7) is 1.53. The van der Waals surface area contributed by atoms with Crippen LogP contribution in [0.1, 0.15) is 6.42 Å². The van der Waals surface area contributed by atoms with Crippen molar-refractivity contribution in [1.29, 1.82) is 0 Å². The van der Waals surface area contributed by atoms with E-state index in [0.29, 0.717) is 19.8 Å². The standard InChI is InChI=1S/C9H16N2O5/c12-7(9(14)15)4-11-8(13)3-6-5-16-2-1-10-6/h6-7,10,12H,1-5H2,(H,11,13)(H,14,15)/t6?,7-/m0/s1. The SMILES string of the molecule is O=C(CC1COCCN1)NC[C@H](O)C(=O)O. The maximum atomic E-state index is 11.3. The zero-order valence-corrected chi connectivity index (χ0v) is 8.81. The molecule has 7 nitrogen and oxygen atoms in total. The summed E-state index contributed by atoms with van der Waals surface area (Å²) in [4.78, 5) is 21.6. The average molecular weight is 232 g/mol. The quantitative estimate of drug-likeness (QED) is 0.433. The van der Waals surface area contributed by atoms with Gasteiger partial charge in [-0.05, 0) is 0 Å². The Balaban J connectivity index is 2.17. The van der Waals surface area contributed by atoms with E-state index in [2.05, 4.69) is 10.6 Å². The van der Waals surface area contributed by atoms with E-state index >= 15 is 0 Å². The predicted molar refractivity (Wildman–Crippen MR) is 53.9 cm³/mol. The van der Waals surface area contributed by atoms with Gasteiger partial charge in [-0.3, -0.25) is 4.79 Å². The number of nitrogens with one attached hydrogen (secondary N) is 2. The van der Waals surface area contributed by atoms with Crippen LogP contribution in [-0.4, -0.2) is 60.5 Å². The fourth-order valence-corrected chi connectivity index (χ4v) is 1.34. The topological polar surface area (TPSA) is 108 Å². The third-order valence-electron chi connectivity index (χ3n) is 2.21. The van der Waals surface area contributed by atoms with Gasteiger partial charge in [-0.2, -0.15) is 0 Å². The van der Waals surface area contributed by atoms with Gasteiger partial charge in [0.25, 0.3) is 0 Å². The van der Waals surface area contributed by atoms with Crippen LogP contribution in [0.5, 0.6) is 0 Å². The molecule has 16 heavy (non-hydrogen) atoms. The molecular formula is C9H16N2O5. The molecule has 0 spiro atoms. The normalized spacial score (nSPS) is 22.4. The minimum Gasteiger partial charge on any atom is -0.479 e. The van der Waals surface area contributed by atoms with Crippen LogP contribution in [-0.2, 0) is 14.3 Å². The van der Waals surface area contributed by atoms with Gasteiger partial charge in [-0.25, -0.2) is 4.79 Å². The molecule has 2 atom stereocenters. The van der Waals surface area contributed by atoms with Crippen LogP contribution < -0.4 is 10.6 Å². The molecule has 4 N–H and O–H groups in total. The molecule has 0 saturated carbocycles. The summed E-state index contributed by atoms with van der Waals surface area (Å²) in [6.07, 6.45) is -1.34. The van der Waals surface area contributed by atoms with Gasteiger partial charge in [0.05, 0.1) is 19.8 Å². The zero-order chi connectivity index (χ0) is 12.0. The summed E-state index contributed by atoms with van der Waals surface area (Å²) in [5.41, 5.74) is 0. The molecule has 0 aliphatic carbocycles. The first kappa shape index (κ1) is 12.9. The summed E-state index contributed by atoms with van der Waals surface area (Å²) in [5.74, 6) is -1.65. The highest BCUT2D eigenvalue weighted by atomic mass is 16.5. The first-order valence-electron chi connectivity index (χ1n) is 5.08. The number of carboxylic acids is 1. The third-order valence-corrected chi connectivity index (χ3v) is 2.21. The number of hydrogen-bond donors (Lipinski definition) is 4. The van der Waals surface area contributed by atoms with Crippen molar-refractivity contribution in [3.63, 3.8) is 0 Å². The van der Waals surface area contributed by atoms with Gasteiger partial charge in [0, 0.05) is 19.0 Å². The van der Waals surface area contributed by atoms with Gasteiger partial charge in [0.2, 0.25) is 5.91 Å². The fourth-order valence-electron chi connectivity index (χ4n) is 1.34. The number of carbonyl (C=O) groups is 2. The Morgan fingerprint density at radius 2 is 2.31 bits per heavy atom. The van der Waals surface area contributed by atoms with Crippen molar-refractivity contribution in [1.82, 2.24) is 10.6 Å². The number of rotatable bonds is 5. The summed E-state index contributed by atoms with van der Waals surface area (Å²) >= 11 is 0.